The molecule has 1 heterocycles. The number of sulfonamides is 1. The molecule has 154 valence electrons. The monoisotopic (exact) mass is 406 g/mol. The van der Waals surface area contributed by atoms with Crippen LogP contribution in [0.5, 0.6) is 5.75 Å². The molecule has 1 amide bonds. The maximum absolute atomic E-state index is 13.1. The van der Waals surface area contributed by atoms with Gasteiger partial charge in [0, 0.05) is 25.2 Å². The van der Waals surface area contributed by atoms with Gasteiger partial charge in [-0.15, -0.1) is 0 Å². The van der Waals surface area contributed by atoms with Crippen molar-refractivity contribution in [2.75, 3.05) is 25.0 Å². The Morgan fingerprint density at radius 3 is 2.64 bits per heavy atom. The van der Waals surface area contributed by atoms with Crippen molar-refractivity contribution in [1.29, 1.82) is 0 Å². The number of nitrogens with one attached hydrogen (secondary N) is 1. The summed E-state index contributed by atoms with van der Waals surface area (Å²) in [4.78, 5) is 12.7. The fraction of sp³-hybridized carbons (Fsp3) is 0.667. The predicted octanol–water partition coefficient (Wildman–Crippen LogP) is 3.63. The van der Waals surface area contributed by atoms with Crippen LogP contribution in [0.4, 0.5) is 5.69 Å². The Balaban J connectivity index is 1.50. The van der Waals surface area contributed by atoms with E-state index in [9.17, 15) is 13.2 Å². The number of benzene rings is 1. The van der Waals surface area contributed by atoms with Gasteiger partial charge in [0.1, 0.15) is 10.6 Å². The Hall–Kier alpha value is -1.60. The van der Waals surface area contributed by atoms with Crippen molar-refractivity contribution in [1.82, 2.24) is 4.31 Å². The second-order valence-corrected chi connectivity index (χ2v) is 10.3. The molecule has 6 nitrogen and oxygen atoms in total. The zero-order chi connectivity index (χ0) is 19.7. The Morgan fingerprint density at radius 1 is 1.21 bits per heavy atom. The van der Waals surface area contributed by atoms with Crippen molar-refractivity contribution in [2.24, 2.45) is 17.8 Å². The third-order valence-electron chi connectivity index (χ3n) is 6.54. The number of rotatable bonds is 7. The number of hydrogen-bond donors (Lipinski definition) is 1. The van der Waals surface area contributed by atoms with Crippen LogP contribution < -0.4 is 10.1 Å². The van der Waals surface area contributed by atoms with E-state index in [0.29, 0.717) is 49.4 Å². The average molecular weight is 407 g/mol. The highest BCUT2D eigenvalue weighted by atomic mass is 32.2. The van der Waals surface area contributed by atoms with Crippen molar-refractivity contribution in [3.8, 4) is 5.75 Å². The molecule has 3 aliphatic rings. The maximum atomic E-state index is 13.1. The molecule has 1 N–H and O–H groups in total. The maximum Gasteiger partial charge on any atom is 0.246 e. The molecule has 7 heteroatoms. The van der Waals surface area contributed by atoms with Crippen molar-refractivity contribution in [2.45, 2.75) is 56.8 Å². The van der Waals surface area contributed by atoms with Gasteiger partial charge >= 0.3 is 0 Å². The van der Waals surface area contributed by atoms with Gasteiger partial charge in [0.05, 0.1) is 6.61 Å². The molecule has 28 heavy (non-hydrogen) atoms. The SMILES string of the molecule is CCOc1ccc(NC(=O)C[C@@H]2C[C@@H]3CC[C@@H]2C3)cc1S(=O)(=O)N1CCCC1. The van der Waals surface area contributed by atoms with E-state index in [1.54, 1.807) is 18.2 Å². The second kappa shape index (κ2) is 8.03. The number of anilines is 1. The first-order chi connectivity index (χ1) is 13.5. The van der Waals surface area contributed by atoms with Crippen LogP contribution in [0.3, 0.4) is 0 Å². The summed E-state index contributed by atoms with van der Waals surface area (Å²) in [5.74, 6) is 2.31. The third-order valence-corrected chi connectivity index (χ3v) is 8.46. The van der Waals surface area contributed by atoms with Crippen molar-refractivity contribution >= 4 is 21.6 Å². The Kier molecular flexibility index (Phi) is 5.65. The van der Waals surface area contributed by atoms with E-state index < -0.39 is 10.0 Å². The first-order valence-electron chi connectivity index (χ1n) is 10.5. The molecule has 2 saturated carbocycles. The Bertz CT molecular complexity index is 833. The normalized spacial score (nSPS) is 27.2. The first kappa shape index (κ1) is 19.7. The Labute approximate surface area is 167 Å². The molecule has 1 aliphatic heterocycles. The molecule has 0 aromatic heterocycles. The number of ether oxygens (including phenoxy) is 1. The number of hydrogen-bond acceptors (Lipinski definition) is 4. The standard InChI is InChI=1S/C21H30N2O4S/c1-2-27-19-8-7-18(14-20(19)28(25,26)23-9-3-4-10-23)22-21(24)13-17-12-15-5-6-16(17)11-15/h7-8,14-17H,2-6,9-13H2,1H3,(H,22,24)/t15-,16-,17+/m1/s1. The lowest BCUT2D eigenvalue weighted by Crippen LogP contribution is -2.28. The summed E-state index contributed by atoms with van der Waals surface area (Å²) in [6.07, 6.45) is 7.30. The highest BCUT2D eigenvalue weighted by molar-refractivity contribution is 7.89. The van der Waals surface area contributed by atoms with Crippen LogP contribution in [0.1, 0.15) is 51.9 Å². The van der Waals surface area contributed by atoms with Gasteiger partial charge in [-0.3, -0.25) is 4.79 Å². The lowest BCUT2D eigenvalue weighted by Gasteiger charge is -2.21. The van der Waals surface area contributed by atoms with E-state index in [1.165, 1.54) is 23.6 Å². The van der Waals surface area contributed by atoms with Gasteiger partial charge in [0.25, 0.3) is 0 Å². The van der Waals surface area contributed by atoms with Crippen LogP contribution in [-0.2, 0) is 14.8 Å². The molecule has 3 fully saturated rings. The van der Waals surface area contributed by atoms with Crippen LogP contribution in [-0.4, -0.2) is 38.3 Å². The van der Waals surface area contributed by atoms with Crippen LogP contribution in [0.25, 0.3) is 0 Å². The topological polar surface area (TPSA) is 75.7 Å². The van der Waals surface area contributed by atoms with E-state index >= 15 is 0 Å². The van der Waals surface area contributed by atoms with Gasteiger partial charge in [-0.25, -0.2) is 8.42 Å². The highest BCUT2D eigenvalue weighted by Crippen LogP contribution is 2.49. The van der Waals surface area contributed by atoms with E-state index in [1.807, 2.05) is 6.92 Å². The summed E-state index contributed by atoms with van der Waals surface area (Å²) >= 11 is 0. The molecule has 3 atom stereocenters. The second-order valence-electron chi connectivity index (χ2n) is 8.39. The molecule has 1 aromatic carbocycles. The summed E-state index contributed by atoms with van der Waals surface area (Å²) in [6, 6.07) is 4.93. The van der Waals surface area contributed by atoms with E-state index in [0.717, 1.165) is 25.2 Å². The number of carbonyl (C=O) groups excluding carboxylic acids is 1. The van der Waals surface area contributed by atoms with Crippen LogP contribution in [0.15, 0.2) is 23.1 Å². The lowest BCUT2D eigenvalue weighted by molar-refractivity contribution is -0.117. The van der Waals surface area contributed by atoms with Crippen LogP contribution in [0, 0.1) is 17.8 Å². The van der Waals surface area contributed by atoms with Crippen molar-refractivity contribution in [3.05, 3.63) is 18.2 Å². The Morgan fingerprint density at radius 2 is 2.00 bits per heavy atom. The quantitative estimate of drug-likeness (QED) is 0.750. The minimum atomic E-state index is -3.62. The lowest BCUT2D eigenvalue weighted by atomic mass is 9.86. The smallest absolute Gasteiger partial charge is 0.246 e. The molecule has 2 aliphatic carbocycles. The zero-order valence-corrected chi connectivity index (χ0v) is 17.3. The van der Waals surface area contributed by atoms with Crippen molar-refractivity contribution in [3.63, 3.8) is 0 Å². The van der Waals surface area contributed by atoms with Crippen molar-refractivity contribution < 1.29 is 17.9 Å². The first-order valence-corrected chi connectivity index (χ1v) is 12.0. The highest BCUT2D eigenvalue weighted by Gasteiger charge is 2.40. The number of fused-ring (bicyclic) bond motifs is 2. The van der Waals surface area contributed by atoms with E-state index in [2.05, 4.69) is 5.32 Å². The third kappa shape index (κ3) is 3.92. The van der Waals surface area contributed by atoms with Gasteiger partial charge in [0.2, 0.25) is 15.9 Å². The van der Waals surface area contributed by atoms with E-state index in [4.69, 9.17) is 4.74 Å². The fourth-order valence-electron chi connectivity index (χ4n) is 5.21. The number of nitrogens with zero attached hydrogens (tertiary/aromatic N) is 1. The molecular formula is C21H30N2O4S. The molecule has 2 bridgehead atoms. The van der Waals surface area contributed by atoms with E-state index in [-0.39, 0.29) is 10.8 Å². The average Bonchev–Trinajstić information content (AvgIpc) is 3.41. The van der Waals surface area contributed by atoms with Gasteiger partial charge in [-0.2, -0.15) is 4.31 Å². The molecule has 1 saturated heterocycles. The summed E-state index contributed by atoms with van der Waals surface area (Å²) in [5.41, 5.74) is 0.523. The minimum absolute atomic E-state index is 0.0220. The van der Waals surface area contributed by atoms with Gasteiger partial charge in [-0.05, 0) is 75.0 Å². The zero-order valence-electron chi connectivity index (χ0n) is 16.5. The molecule has 4 rings (SSSR count). The van der Waals surface area contributed by atoms with Gasteiger partial charge in [-0.1, -0.05) is 6.42 Å². The molecule has 0 unspecified atom stereocenters. The van der Waals surface area contributed by atoms with Crippen LogP contribution >= 0.6 is 0 Å². The summed E-state index contributed by atoms with van der Waals surface area (Å²) in [6.45, 7) is 3.29. The number of amides is 1. The largest absolute Gasteiger partial charge is 0.492 e. The molecule has 0 radical (unpaired) electrons. The van der Waals surface area contributed by atoms with Gasteiger partial charge in [0.15, 0.2) is 0 Å². The van der Waals surface area contributed by atoms with Gasteiger partial charge < -0.3 is 10.1 Å². The summed E-state index contributed by atoms with van der Waals surface area (Å²) in [7, 11) is -3.62. The predicted molar refractivity (Wildman–Crippen MR) is 108 cm³/mol. The summed E-state index contributed by atoms with van der Waals surface area (Å²) < 4.78 is 33.2. The van der Waals surface area contributed by atoms with Crippen LogP contribution in [0.2, 0.25) is 0 Å². The molecular weight excluding hydrogens is 376 g/mol. The minimum Gasteiger partial charge on any atom is -0.492 e. The number of carbonyl (C=O) groups is 1. The molecule has 1 aromatic rings. The molecule has 0 spiro atoms. The fourth-order valence-corrected chi connectivity index (χ4v) is 6.88. The summed E-state index contributed by atoms with van der Waals surface area (Å²) in [5, 5.41) is 2.92.